The second-order valence-corrected chi connectivity index (χ2v) is 6.80. The van der Waals surface area contributed by atoms with Crippen LogP contribution in [0.3, 0.4) is 0 Å². The van der Waals surface area contributed by atoms with Gasteiger partial charge >= 0.3 is 0 Å². The molecule has 0 saturated carbocycles. The van der Waals surface area contributed by atoms with Crippen molar-refractivity contribution in [3.05, 3.63) is 17.5 Å². The number of aryl methyl sites for hydroxylation is 1. The van der Waals surface area contributed by atoms with Crippen LogP contribution < -0.4 is 5.32 Å². The normalized spacial score (nSPS) is 18.3. The molecule has 1 amide bonds. The summed E-state index contributed by atoms with van der Waals surface area (Å²) in [4.78, 5) is 25.5. The average molecular weight is 319 g/mol. The SMILES string of the molecule is Cc1cc(C(=O)N2CCCC(C)C2)nc(NCCCN(C)C)n1. The number of nitrogens with zero attached hydrogens (tertiary/aromatic N) is 4. The predicted octanol–water partition coefficient (Wildman–Crippen LogP) is 2.02. The molecule has 1 aliphatic heterocycles. The Labute approximate surface area is 139 Å². The van der Waals surface area contributed by atoms with Gasteiger partial charge in [0, 0.05) is 25.3 Å². The van der Waals surface area contributed by atoms with E-state index in [1.807, 2.05) is 11.8 Å². The lowest BCUT2D eigenvalue weighted by atomic mass is 10.00. The Hall–Kier alpha value is -1.69. The van der Waals surface area contributed by atoms with Crippen LogP contribution in [0.15, 0.2) is 6.07 Å². The molecule has 0 radical (unpaired) electrons. The minimum atomic E-state index is 0.0263. The summed E-state index contributed by atoms with van der Waals surface area (Å²) in [6, 6.07) is 1.78. The molecular formula is C17H29N5O. The van der Waals surface area contributed by atoms with Gasteiger partial charge in [0.15, 0.2) is 0 Å². The first kappa shape index (κ1) is 17.7. The summed E-state index contributed by atoms with van der Waals surface area (Å²) in [7, 11) is 4.11. The lowest BCUT2D eigenvalue weighted by molar-refractivity contribution is 0.0677. The average Bonchev–Trinajstić information content (AvgIpc) is 2.50. The van der Waals surface area contributed by atoms with E-state index in [4.69, 9.17) is 0 Å². The maximum atomic E-state index is 12.7. The highest BCUT2D eigenvalue weighted by molar-refractivity contribution is 5.92. The lowest BCUT2D eigenvalue weighted by Crippen LogP contribution is -2.39. The number of amides is 1. The molecule has 1 N–H and O–H groups in total. The first-order valence-electron chi connectivity index (χ1n) is 8.49. The van der Waals surface area contributed by atoms with Gasteiger partial charge in [0.1, 0.15) is 5.69 Å². The zero-order valence-electron chi connectivity index (χ0n) is 14.8. The van der Waals surface area contributed by atoms with E-state index in [-0.39, 0.29) is 5.91 Å². The van der Waals surface area contributed by atoms with Gasteiger partial charge in [-0.05, 0) is 58.8 Å². The smallest absolute Gasteiger partial charge is 0.272 e. The van der Waals surface area contributed by atoms with Gasteiger partial charge in [-0.1, -0.05) is 6.92 Å². The molecule has 0 aromatic carbocycles. The molecule has 128 valence electrons. The molecule has 0 spiro atoms. The first-order valence-corrected chi connectivity index (χ1v) is 8.49. The van der Waals surface area contributed by atoms with Crippen LogP contribution in [-0.4, -0.2) is 65.9 Å². The molecule has 1 aromatic rings. The molecule has 0 bridgehead atoms. The molecule has 1 aromatic heterocycles. The second kappa shape index (κ2) is 8.24. The molecule has 1 unspecified atom stereocenters. The van der Waals surface area contributed by atoms with E-state index in [9.17, 15) is 4.79 Å². The molecule has 6 nitrogen and oxygen atoms in total. The zero-order valence-corrected chi connectivity index (χ0v) is 14.8. The van der Waals surface area contributed by atoms with E-state index >= 15 is 0 Å². The summed E-state index contributed by atoms with van der Waals surface area (Å²) in [6.07, 6.45) is 3.29. The van der Waals surface area contributed by atoms with Gasteiger partial charge in [0.25, 0.3) is 5.91 Å². The molecule has 1 fully saturated rings. The zero-order chi connectivity index (χ0) is 16.8. The van der Waals surface area contributed by atoms with Gasteiger partial charge in [0.05, 0.1) is 0 Å². The Balaban J connectivity index is 2.00. The largest absolute Gasteiger partial charge is 0.354 e. The van der Waals surface area contributed by atoms with Crippen molar-refractivity contribution in [1.29, 1.82) is 0 Å². The van der Waals surface area contributed by atoms with Crippen molar-refractivity contribution in [1.82, 2.24) is 19.8 Å². The number of hydrogen-bond donors (Lipinski definition) is 1. The summed E-state index contributed by atoms with van der Waals surface area (Å²) in [5.74, 6) is 1.15. The van der Waals surface area contributed by atoms with E-state index in [1.54, 1.807) is 6.07 Å². The van der Waals surface area contributed by atoms with Crippen molar-refractivity contribution in [2.24, 2.45) is 5.92 Å². The Morgan fingerprint density at radius 2 is 2.22 bits per heavy atom. The summed E-state index contributed by atoms with van der Waals surface area (Å²) >= 11 is 0. The fourth-order valence-corrected chi connectivity index (χ4v) is 2.89. The topological polar surface area (TPSA) is 61.4 Å². The van der Waals surface area contributed by atoms with Gasteiger partial charge in [0.2, 0.25) is 5.95 Å². The molecular weight excluding hydrogens is 290 g/mol. The Morgan fingerprint density at radius 1 is 1.43 bits per heavy atom. The van der Waals surface area contributed by atoms with Crippen molar-refractivity contribution in [3.63, 3.8) is 0 Å². The summed E-state index contributed by atoms with van der Waals surface area (Å²) in [5.41, 5.74) is 1.32. The highest BCUT2D eigenvalue weighted by Gasteiger charge is 2.23. The van der Waals surface area contributed by atoms with E-state index in [0.717, 1.165) is 44.7 Å². The number of hydrogen-bond acceptors (Lipinski definition) is 5. The number of nitrogens with one attached hydrogen (secondary N) is 1. The maximum Gasteiger partial charge on any atom is 0.272 e. The summed E-state index contributed by atoms with van der Waals surface area (Å²) < 4.78 is 0. The summed E-state index contributed by atoms with van der Waals surface area (Å²) in [5, 5.41) is 3.23. The van der Waals surface area contributed by atoms with Crippen molar-refractivity contribution in [2.75, 3.05) is 45.6 Å². The lowest BCUT2D eigenvalue weighted by Gasteiger charge is -2.30. The van der Waals surface area contributed by atoms with Crippen molar-refractivity contribution in [3.8, 4) is 0 Å². The van der Waals surface area contributed by atoms with Crippen LogP contribution in [0.2, 0.25) is 0 Å². The monoisotopic (exact) mass is 319 g/mol. The van der Waals surface area contributed by atoms with Crippen LogP contribution in [0.1, 0.15) is 42.4 Å². The Kier molecular flexibility index (Phi) is 6.33. The minimum Gasteiger partial charge on any atom is -0.354 e. The number of likely N-dealkylation sites (tertiary alicyclic amines) is 1. The van der Waals surface area contributed by atoms with Crippen LogP contribution in [0.4, 0.5) is 5.95 Å². The fraction of sp³-hybridized carbons (Fsp3) is 0.706. The molecule has 2 rings (SSSR count). The third-order valence-corrected chi connectivity index (χ3v) is 4.08. The highest BCUT2D eigenvalue weighted by atomic mass is 16.2. The van der Waals surface area contributed by atoms with Crippen LogP contribution in [0.25, 0.3) is 0 Å². The minimum absolute atomic E-state index is 0.0263. The predicted molar refractivity (Wildman–Crippen MR) is 92.7 cm³/mol. The molecule has 1 saturated heterocycles. The number of rotatable bonds is 6. The van der Waals surface area contributed by atoms with E-state index < -0.39 is 0 Å². The third kappa shape index (κ3) is 5.46. The van der Waals surface area contributed by atoms with Crippen LogP contribution in [0, 0.1) is 12.8 Å². The molecule has 2 heterocycles. The van der Waals surface area contributed by atoms with Gasteiger partial charge in [-0.15, -0.1) is 0 Å². The molecule has 1 atom stereocenters. The fourth-order valence-electron chi connectivity index (χ4n) is 2.89. The van der Waals surface area contributed by atoms with Gasteiger partial charge in [-0.3, -0.25) is 4.79 Å². The number of carbonyl (C=O) groups excluding carboxylic acids is 1. The molecule has 23 heavy (non-hydrogen) atoms. The second-order valence-electron chi connectivity index (χ2n) is 6.80. The van der Waals surface area contributed by atoms with Crippen LogP contribution >= 0.6 is 0 Å². The van der Waals surface area contributed by atoms with Crippen molar-refractivity contribution < 1.29 is 4.79 Å². The number of aromatic nitrogens is 2. The van der Waals surface area contributed by atoms with Crippen LogP contribution in [-0.2, 0) is 0 Å². The Bertz CT molecular complexity index is 532. The number of piperidine rings is 1. The standard InChI is InChI=1S/C17H29N5O/c1-13-7-5-10-22(12-13)16(23)15-11-14(2)19-17(20-15)18-8-6-9-21(3)4/h11,13H,5-10,12H2,1-4H3,(H,18,19,20). The third-order valence-electron chi connectivity index (χ3n) is 4.08. The molecule has 0 aliphatic carbocycles. The quantitative estimate of drug-likeness (QED) is 0.813. The van der Waals surface area contributed by atoms with Gasteiger partial charge in [-0.25, -0.2) is 9.97 Å². The molecule has 1 aliphatic rings. The van der Waals surface area contributed by atoms with E-state index in [1.165, 1.54) is 6.42 Å². The Morgan fingerprint density at radius 3 is 2.91 bits per heavy atom. The molecule has 6 heteroatoms. The highest BCUT2D eigenvalue weighted by Crippen LogP contribution is 2.18. The number of anilines is 1. The summed E-state index contributed by atoms with van der Waals surface area (Å²) in [6.45, 7) is 7.57. The van der Waals surface area contributed by atoms with Crippen LogP contribution in [0.5, 0.6) is 0 Å². The van der Waals surface area contributed by atoms with Gasteiger partial charge in [-0.2, -0.15) is 0 Å². The maximum absolute atomic E-state index is 12.7. The van der Waals surface area contributed by atoms with Crippen molar-refractivity contribution in [2.45, 2.75) is 33.1 Å². The van der Waals surface area contributed by atoms with Crippen molar-refractivity contribution >= 4 is 11.9 Å². The van der Waals surface area contributed by atoms with E-state index in [2.05, 4.69) is 41.2 Å². The van der Waals surface area contributed by atoms with Gasteiger partial charge < -0.3 is 15.1 Å². The first-order chi connectivity index (χ1) is 11.0. The van der Waals surface area contributed by atoms with E-state index in [0.29, 0.717) is 17.6 Å². The number of carbonyl (C=O) groups is 1.